The van der Waals surface area contributed by atoms with Crippen molar-refractivity contribution in [2.45, 2.75) is 31.6 Å². The summed E-state index contributed by atoms with van der Waals surface area (Å²) in [6, 6.07) is 11.0. The first-order chi connectivity index (χ1) is 17.1. The highest BCUT2D eigenvalue weighted by Crippen LogP contribution is 2.31. The molecule has 3 aromatic rings. The molecule has 1 amide bonds. The van der Waals surface area contributed by atoms with Crippen molar-refractivity contribution in [3.8, 4) is 11.8 Å². The predicted molar refractivity (Wildman–Crippen MR) is 140 cm³/mol. The first-order valence-corrected chi connectivity index (χ1v) is 12.6. The van der Waals surface area contributed by atoms with Crippen LogP contribution in [0.1, 0.15) is 28.2 Å². The Morgan fingerprint density at radius 2 is 1.94 bits per heavy atom. The molecule has 0 atom stereocenters. The van der Waals surface area contributed by atoms with E-state index in [4.69, 9.17) is 0 Å². The second-order valence-corrected chi connectivity index (χ2v) is 10.3. The summed E-state index contributed by atoms with van der Waals surface area (Å²) in [4.78, 5) is 16.4. The van der Waals surface area contributed by atoms with Gasteiger partial charge >= 0.3 is 6.18 Å². The molecule has 3 heterocycles. The summed E-state index contributed by atoms with van der Waals surface area (Å²) < 4.78 is 41.6. The summed E-state index contributed by atoms with van der Waals surface area (Å²) in [7, 11) is 5.47. The van der Waals surface area contributed by atoms with E-state index in [-0.39, 0.29) is 18.5 Å². The molecule has 2 N–H and O–H groups in total. The van der Waals surface area contributed by atoms with Crippen LogP contribution in [0.25, 0.3) is 10.9 Å². The number of rotatable bonds is 6. The van der Waals surface area contributed by atoms with Gasteiger partial charge in [-0.1, -0.05) is 12.0 Å². The number of nitrogens with zero attached hydrogens (tertiary/aromatic N) is 3. The Bertz CT molecular complexity index is 1280. The quantitative estimate of drug-likeness (QED) is 0.455. The molecule has 1 aromatic carbocycles. The molecule has 10 heteroatoms. The molecule has 0 saturated carbocycles. The van der Waals surface area contributed by atoms with Crippen molar-refractivity contribution in [1.29, 1.82) is 0 Å². The highest BCUT2D eigenvalue weighted by atomic mass is 32.1. The van der Waals surface area contributed by atoms with Crippen molar-refractivity contribution in [1.82, 2.24) is 14.4 Å². The lowest BCUT2D eigenvalue weighted by Crippen LogP contribution is -2.36. The molecule has 1 saturated heterocycles. The molecular weight excluding hydrogens is 487 g/mol. The topological polar surface area (TPSA) is 52.5 Å². The number of aromatic nitrogens is 1. The van der Waals surface area contributed by atoms with Crippen molar-refractivity contribution in [3.63, 3.8) is 0 Å². The summed E-state index contributed by atoms with van der Waals surface area (Å²) in [5.74, 6) is 5.78. The normalized spacial score (nSPS) is 14.9. The van der Waals surface area contributed by atoms with Crippen LogP contribution in [0.3, 0.4) is 0 Å². The second-order valence-electron chi connectivity index (χ2n) is 9.21. The average Bonchev–Trinajstić information content (AvgIpc) is 3.42. The van der Waals surface area contributed by atoms with Gasteiger partial charge in [0.1, 0.15) is 6.54 Å². The van der Waals surface area contributed by atoms with Crippen molar-refractivity contribution in [2.24, 2.45) is 0 Å². The van der Waals surface area contributed by atoms with E-state index in [1.54, 1.807) is 44.4 Å². The highest BCUT2D eigenvalue weighted by molar-refractivity contribution is 7.17. The monoisotopic (exact) mass is 517 g/mol. The lowest BCUT2D eigenvalue weighted by molar-refractivity contribution is -0.140. The Morgan fingerprint density at radius 3 is 2.64 bits per heavy atom. The third kappa shape index (κ3) is 6.33. The minimum absolute atomic E-state index is 0.0829. The van der Waals surface area contributed by atoms with E-state index in [9.17, 15) is 18.0 Å². The number of carbonyl (C=O) groups is 1. The Kier molecular flexibility index (Phi) is 7.81. The number of piperidine rings is 1. The maximum Gasteiger partial charge on any atom is 0.406 e. The van der Waals surface area contributed by atoms with E-state index in [1.165, 1.54) is 20.8 Å². The predicted octanol–water partition coefficient (Wildman–Crippen LogP) is 4.94. The molecule has 0 aliphatic carbocycles. The summed E-state index contributed by atoms with van der Waals surface area (Å²) >= 11 is 1.31. The van der Waals surface area contributed by atoms with Gasteiger partial charge in [0.15, 0.2) is 0 Å². The highest BCUT2D eigenvalue weighted by Gasteiger charge is 2.30. The molecular formula is C26H30F3N5OS. The van der Waals surface area contributed by atoms with Crippen LogP contribution in [0, 0.1) is 11.8 Å². The molecule has 4 rings (SSSR count). The third-order valence-electron chi connectivity index (χ3n) is 6.15. The average molecular weight is 518 g/mol. The SMILES string of the molecule is CN1CCC(Nc2cccc3c2cc(C#CCNc2ccc(C(=O)N(C)C)s2)n3CC(F)(F)F)CC1. The van der Waals surface area contributed by atoms with Gasteiger partial charge < -0.3 is 25.0 Å². The number of thiophene rings is 1. The zero-order valence-corrected chi connectivity index (χ0v) is 21.4. The molecule has 2 aromatic heterocycles. The number of nitrogens with one attached hydrogen (secondary N) is 2. The Labute approximate surface area is 213 Å². The fourth-order valence-electron chi connectivity index (χ4n) is 4.27. The molecule has 1 fully saturated rings. The van der Waals surface area contributed by atoms with E-state index in [0.717, 1.165) is 42.0 Å². The Hall–Kier alpha value is -3.16. The maximum absolute atomic E-state index is 13.4. The minimum atomic E-state index is -4.37. The van der Waals surface area contributed by atoms with Crippen LogP contribution in [0.4, 0.5) is 23.9 Å². The number of fused-ring (bicyclic) bond motifs is 1. The lowest BCUT2D eigenvalue weighted by Gasteiger charge is -2.30. The van der Waals surface area contributed by atoms with Crippen molar-refractivity contribution >= 4 is 38.8 Å². The van der Waals surface area contributed by atoms with E-state index >= 15 is 0 Å². The van der Waals surface area contributed by atoms with Gasteiger partial charge in [-0.05, 0) is 69.2 Å². The summed E-state index contributed by atoms with van der Waals surface area (Å²) in [6.07, 6.45) is -2.40. The van der Waals surface area contributed by atoms with Gasteiger partial charge in [-0.15, -0.1) is 11.3 Å². The molecule has 1 aliphatic rings. The Balaban J connectivity index is 1.55. The smallest absolute Gasteiger partial charge is 0.382 e. The number of halogens is 3. The summed E-state index contributed by atoms with van der Waals surface area (Å²) in [5.41, 5.74) is 1.66. The second kappa shape index (κ2) is 10.8. The van der Waals surface area contributed by atoms with Crippen molar-refractivity contribution in [3.05, 3.63) is 47.0 Å². The van der Waals surface area contributed by atoms with E-state index in [2.05, 4.69) is 34.4 Å². The van der Waals surface area contributed by atoms with Crippen LogP contribution in [0.15, 0.2) is 36.4 Å². The molecule has 0 unspecified atom stereocenters. The van der Waals surface area contributed by atoms with Crippen LogP contribution >= 0.6 is 11.3 Å². The minimum Gasteiger partial charge on any atom is -0.382 e. The third-order valence-corrected chi connectivity index (χ3v) is 7.18. The fourth-order valence-corrected chi connectivity index (χ4v) is 5.19. The maximum atomic E-state index is 13.4. The van der Waals surface area contributed by atoms with E-state index < -0.39 is 12.7 Å². The van der Waals surface area contributed by atoms with Gasteiger partial charge in [-0.3, -0.25) is 4.79 Å². The van der Waals surface area contributed by atoms with Crippen LogP contribution in [-0.4, -0.2) is 73.3 Å². The molecule has 1 aliphatic heterocycles. The van der Waals surface area contributed by atoms with Gasteiger partial charge in [-0.2, -0.15) is 13.2 Å². The number of benzene rings is 1. The molecule has 6 nitrogen and oxygen atoms in total. The summed E-state index contributed by atoms with van der Waals surface area (Å²) in [6.45, 7) is 1.11. The number of likely N-dealkylation sites (tertiary alicyclic amines) is 1. The van der Waals surface area contributed by atoms with Crippen molar-refractivity contribution < 1.29 is 18.0 Å². The van der Waals surface area contributed by atoms with Gasteiger partial charge in [0, 0.05) is 31.2 Å². The number of amides is 1. The van der Waals surface area contributed by atoms with Crippen LogP contribution in [-0.2, 0) is 6.54 Å². The number of alkyl halides is 3. The van der Waals surface area contributed by atoms with E-state index in [0.29, 0.717) is 16.1 Å². The Morgan fingerprint density at radius 1 is 1.19 bits per heavy atom. The van der Waals surface area contributed by atoms with Crippen LogP contribution in [0.5, 0.6) is 0 Å². The molecule has 36 heavy (non-hydrogen) atoms. The van der Waals surface area contributed by atoms with Gasteiger partial charge in [0.2, 0.25) is 0 Å². The zero-order chi connectivity index (χ0) is 25.9. The number of anilines is 2. The molecule has 0 bridgehead atoms. The summed E-state index contributed by atoms with van der Waals surface area (Å²) in [5, 5.41) is 8.18. The van der Waals surface area contributed by atoms with Gasteiger partial charge in [0.25, 0.3) is 5.91 Å². The zero-order valence-electron chi connectivity index (χ0n) is 20.6. The van der Waals surface area contributed by atoms with E-state index in [1.807, 2.05) is 6.07 Å². The molecule has 192 valence electrons. The lowest BCUT2D eigenvalue weighted by atomic mass is 10.0. The van der Waals surface area contributed by atoms with Gasteiger partial charge in [-0.25, -0.2) is 0 Å². The first kappa shape index (κ1) is 25.9. The first-order valence-electron chi connectivity index (χ1n) is 11.8. The number of hydrogen-bond donors (Lipinski definition) is 2. The standard InChI is InChI=1S/C26H30F3N5OS/c1-32(2)25(35)23-9-10-24(36-23)30-13-5-6-19-16-20-21(31-18-11-14-33(3)15-12-18)7-4-8-22(20)34(19)17-26(27,28)29/h4,7-10,16,18,30-31H,11-15,17H2,1-3H3. The number of carbonyl (C=O) groups excluding carboxylic acids is 1. The number of hydrogen-bond acceptors (Lipinski definition) is 5. The van der Waals surface area contributed by atoms with Crippen LogP contribution < -0.4 is 10.6 Å². The fraction of sp³-hybridized carbons (Fsp3) is 0.423. The molecule has 0 spiro atoms. The van der Waals surface area contributed by atoms with Crippen molar-refractivity contribution in [2.75, 3.05) is 51.4 Å². The van der Waals surface area contributed by atoms with Gasteiger partial charge in [0.05, 0.1) is 27.6 Å². The van der Waals surface area contributed by atoms with Crippen LogP contribution in [0.2, 0.25) is 0 Å². The molecule has 0 radical (unpaired) electrons. The largest absolute Gasteiger partial charge is 0.406 e.